The molecule has 4 atom stereocenters. The topological polar surface area (TPSA) is 48.3 Å². The molecule has 1 saturated heterocycles. The molecular formula is C14H25N3O. The van der Waals surface area contributed by atoms with E-state index in [2.05, 4.69) is 30.1 Å². The highest BCUT2D eigenvalue weighted by atomic mass is 16.5. The number of hydrogen-bond donors (Lipinski definition) is 1. The van der Waals surface area contributed by atoms with Crippen LogP contribution in [-0.4, -0.2) is 48.8 Å². The van der Waals surface area contributed by atoms with Gasteiger partial charge in [0.15, 0.2) is 0 Å². The van der Waals surface area contributed by atoms with Crippen molar-refractivity contribution in [3.63, 3.8) is 0 Å². The first-order chi connectivity index (χ1) is 8.58. The molecule has 4 unspecified atom stereocenters. The lowest BCUT2D eigenvalue weighted by molar-refractivity contribution is -0.0865. The van der Waals surface area contributed by atoms with Crippen molar-refractivity contribution in [2.75, 3.05) is 20.1 Å². The lowest BCUT2D eigenvalue weighted by Crippen LogP contribution is -2.56. The second kappa shape index (κ2) is 5.56. The first kappa shape index (κ1) is 13.8. The lowest BCUT2D eigenvalue weighted by Gasteiger charge is -2.45. The molecule has 2 aliphatic rings. The summed E-state index contributed by atoms with van der Waals surface area (Å²) in [6.45, 7) is 6.28. The molecule has 0 aromatic heterocycles. The highest BCUT2D eigenvalue weighted by molar-refractivity contribution is 5.10. The molecule has 1 saturated carbocycles. The molecule has 2 fully saturated rings. The van der Waals surface area contributed by atoms with Gasteiger partial charge in [-0.1, -0.05) is 0 Å². The van der Waals surface area contributed by atoms with Gasteiger partial charge in [-0.15, -0.1) is 0 Å². The van der Waals surface area contributed by atoms with E-state index in [1.54, 1.807) is 0 Å². The summed E-state index contributed by atoms with van der Waals surface area (Å²) in [4.78, 5) is 2.53. The molecule has 0 bridgehead atoms. The SMILES string of the molecule is CNC1(C#N)CCCC(N2CC(C)OC(C)C2)C1. The zero-order valence-corrected chi connectivity index (χ0v) is 11.8. The fourth-order valence-electron chi connectivity index (χ4n) is 3.46. The second-order valence-electron chi connectivity index (χ2n) is 5.91. The Bertz CT molecular complexity index is 317. The van der Waals surface area contributed by atoms with Gasteiger partial charge in [-0.3, -0.25) is 4.90 Å². The van der Waals surface area contributed by atoms with Gasteiger partial charge in [0.25, 0.3) is 0 Å². The molecule has 1 aliphatic carbocycles. The Balaban J connectivity index is 2.02. The molecule has 0 radical (unpaired) electrons. The van der Waals surface area contributed by atoms with Crippen molar-refractivity contribution in [2.45, 2.75) is 63.3 Å². The van der Waals surface area contributed by atoms with Crippen LogP contribution in [0.4, 0.5) is 0 Å². The molecule has 1 N–H and O–H groups in total. The Labute approximate surface area is 110 Å². The maximum atomic E-state index is 9.41. The van der Waals surface area contributed by atoms with Gasteiger partial charge in [0.05, 0.1) is 18.3 Å². The van der Waals surface area contributed by atoms with Gasteiger partial charge in [0, 0.05) is 19.1 Å². The second-order valence-corrected chi connectivity index (χ2v) is 5.91. The maximum Gasteiger partial charge on any atom is 0.108 e. The zero-order valence-electron chi connectivity index (χ0n) is 11.8. The van der Waals surface area contributed by atoms with Crippen LogP contribution in [0.25, 0.3) is 0 Å². The lowest BCUT2D eigenvalue weighted by atomic mass is 9.79. The molecule has 1 heterocycles. The van der Waals surface area contributed by atoms with Gasteiger partial charge < -0.3 is 10.1 Å². The van der Waals surface area contributed by atoms with Gasteiger partial charge in [-0.05, 0) is 46.6 Å². The monoisotopic (exact) mass is 251 g/mol. The molecular weight excluding hydrogens is 226 g/mol. The van der Waals surface area contributed by atoms with Crippen LogP contribution in [0.3, 0.4) is 0 Å². The van der Waals surface area contributed by atoms with Crippen molar-refractivity contribution >= 4 is 0 Å². The van der Waals surface area contributed by atoms with Crippen molar-refractivity contribution in [2.24, 2.45) is 0 Å². The smallest absolute Gasteiger partial charge is 0.108 e. The van der Waals surface area contributed by atoms with Crippen molar-refractivity contribution in [1.82, 2.24) is 10.2 Å². The van der Waals surface area contributed by atoms with E-state index in [0.717, 1.165) is 32.4 Å². The number of hydrogen-bond acceptors (Lipinski definition) is 4. The highest BCUT2D eigenvalue weighted by Crippen LogP contribution is 2.32. The Morgan fingerprint density at radius 1 is 1.33 bits per heavy atom. The van der Waals surface area contributed by atoms with Gasteiger partial charge in [-0.2, -0.15) is 5.26 Å². The van der Waals surface area contributed by atoms with Crippen LogP contribution in [0.15, 0.2) is 0 Å². The quantitative estimate of drug-likeness (QED) is 0.808. The van der Waals surface area contributed by atoms with Crippen LogP contribution in [0.1, 0.15) is 39.5 Å². The Morgan fingerprint density at radius 2 is 2.00 bits per heavy atom. The average Bonchev–Trinajstić information content (AvgIpc) is 2.37. The molecule has 18 heavy (non-hydrogen) atoms. The van der Waals surface area contributed by atoms with Crippen molar-refractivity contribution in [3.05, 3.63) is 0 Å². The molecule has 1 aliphatic heterocycles. The first-order valence-electron chi connectivity index (χ1n) is 7.08. The fraction of sp³-hybridized carbons (Fsp3) is 0.929. The summed E-state index contributed by atoms with van der Waals surface area (Å²) in [7, 11) is 1.91. The van der Waals surface area contributed by atoms with E-state index >= 15 is 0 Å². The third-order valence-electron chi connectivity index (χ3n) is 4.38. The number of nitrogens with one attached hydrogen (secondary N) is 1. The number of morpholine rings is 1. The number of ether oxygens (including phenoxy) is 1. The molecule has 0 aromatic rings. The van der Waals surface area contributed by atoms with Crippen LogP contribution in [0.2, 0.25) is 0 Å². The summed E-state index contributed by atoms with van der Waals surface area (Å²) >= 11 is 0. The average molecular weight is 251 g/mol. The fourth-order valence-corrected chi connectivity index (χ4v) is 3.46. The van der Waals surface area contributed by atoms with Crippen molar-refractivity contribution < 1.29 is 4.74 Å². The minimum Gasteiger partial charge on any atom is -0.373 e. The van der Waals surface area contributed by atoms with Gasteiger partial charge >= 0.3 is 0 Å². The predicted molar refractivity (Wildman–Crippen MR) is 71.2 cm³/mol. The standard InChI is InChI=1S/C14H25N3O/c1-11-8-17(9-12(2)18-11)13-5-4-6-14(7-13,10-15)16-3/h11-13,16H,4-9H2,1-3H3. The van der Waals surface area contributed by atoms with E-state index in [-0.39, 0.29) is 5.54 Å². The summed E-state index contributed by atoms with van der Waals surface area (Å²) in [6, 6.07) is 3.02. The third-order valence-corrected chi connectivity index (χ3v) is 4.38. The summed E-state index contributed by atoms with van der Waals surface area (Å²) in [5, 5.41) is 12.6. The Hall–Kier alpha value is -0.630. The van der Waals surface area contributed by atoms with Gasteiger partial charge in [0.1, 0.15) is 5.54 Å². The van der Waals surface area contributed by atoms with Crippen LogP contribution < -0.4 is 5.32 Å². The maximum absolute atomic E-state index is 9.41. The summed E-state index contributed by atoms with van der Waals surface area (Å²) in [5.41, 5.74) is -0.312. The summed E-state index contributed by atoms with van der Waals surface area (Å²) in [6.07, 6.45) is 4.89. The van der Waals surface area contributed by atoms with E-state index in [1.165, 1.54) is 6.42 Å². The first-order valence-corrected chi connectivity index (χ1v) is 7.08. The number of nitrogens with zero attached hydrogens (tertiary/aromatic N) is 2. The molecule has 0 aromatic carbocycles. The summed E-state index contributed by atoms with van der Waals surface area (Å²) in [5.74, 6) is 0. The number of nitriles is 1. The molecule has 102 valence electrons. The minimum atomic E-state index is -0.312. The van der Waals surface area contributed by atoms with Crippen LogP contribution in [0.5, 0.6) is 0 Å². The highest BCUT2D eigenvalue weighted by Gasteiger charge is 2.39. The normalized spacial score (nSPS) is 42.4. The van der Waals surface area contributed by atoms with Gasteiger partial charge in [-0.25, -0.2) is 0 Å². The molecule has 0 amide bonds. The Kier molecular flexibility index (Phi) is 4.26. The molecule has 4 heteroatoms. The van der Waals surface area contributed by atoms with E-state index in [0.29, 0.717) is 18.2 Å². The molecule has 0 spiro atoms. The van der Waals surface area contributed by atoms with Crippen LogP contribution in [0, 0.1) is 11.3 Å². The number of rotatable bonds is 2. The van der Waals surface area contributed by atoms with E-state index in [9.17, 15) is 5.26 Å². The minimum absolute atomic E-state index is 0.307. The Morgan fingerprint density at radius 3 is 2.56 bits per heavy atom. The van der Waals surface area contributed by atoms with Crippen molar-refractivity contribution in [1.29, 1.82) is 5.26 Å². The largest absolute Gasteiger partial charge is 0.373 e. The van der Waals surface area contributed by atoms with E-state index < -0.39 is 0 Å². The molecule has 4 nitrogen and oxygen atoms in total. The predicted octanol–water partition coefficient (Wildman–Crippen LogP) is 1.52. The van der Waals surface area contributed by atoms with Crippen molar-refractivity contribution in [3.8, 4) is 6.07 Å². The molecule has 2 rings (SSSR count). The van der Waals surface area contributed by atoms with E-state index in [4.69, 9.17) is 4.74 Å². The zero-order chi connectivity index (χ0) is 13.2. The summed E-state index contributed by atoms with van der Waals surface area (Å²) < 4.78 is 5.79. The van der Waals surface area contributed by atoms with Crippen LogP contribution in [-0.2, 0) is 4.74 Å². The van der Waals surface area contributed by atoms with Crippen LogP contribution >= 0.6 is 0 Å². The van der Waals surface area contributed by atoms with E-state index in [1.807, 2.05) is 7.05 Å². The van der Waals surface area contributed by atoms with Gasteiger partial charge in [0.2, 0.25) is 0 Å². The third kappa shape index (κ3) is 2.85.